The first-order valence-electron chi connectivity index (χ1n) is 6.27. The van der Waals surface area contributed by atoms with E-state index in [2.05, 4.69) is 4.98 Å². The molecule has 1 atom stereocenters. The smallest absolute Gasteiger partial charge is 0.306 e. The summed E-state index contributed by atoms with van der Waals surface area (Å²) in [5, 5.41) is 11.6. The molecule has 0 bridgehead atoms. The van der Waals surface area contributed by atoms with Crippen molar-refractivity contribution in [3.63, 3.8) is 0 Å². The molecule has 0 aromatic carbocycles. The van der Waals surface area contributed by atoms with Crippen molar-refractivity contribution in [3.8, 4) is 0 Å². The van der Waals surface area contributed by atoms with Crippen molar-refractivity contribution in [2.24, 2.45) is 0 Å². The van der Waals surface area contributed by atoms with E-state index in [4.69, 9.17) is 9.84 Å². The molecule has 0 spiro atoms. The number of aryl methyl sites for hydroxylation is 1. The van der Waals surface area contributed by atoms with Crippen LogP contribution in [0.1, 0.15) is 17.1 Å². The van der Waals surface area contributed by atoms with Gasteiger partial charge in [0.25, 0.3) is 0 Å². The van der Waals surface area contributed by atoms with Gasteiger partial charge in [0.2, 0.25) is 5.91 Å². The second kappa shape index (κ2) is 6.62. The molecule has 7 heteroatoms. The topological polar surface area (TPSA) is 79.7 Å². The number of aliphatic carboxylic acids is 1. The number of carbonyl (C=O) groups excluding carboxylic acids is 1. The maximum absolute atomic E-state index is 12.0. The number of hydrogen-bond donors (Lipinski definition) is 1. The van der Waals surface area contributed by atoms with Crippen LogP contribution in [0.25, 0.3) is 6.08 Å². The standard InChI is InChI=1S/C13H16N2O4S/c1-9-14-10(8-20-9)2-3-12(16)15-4-5-19-11(7-15)6-13(17)18/h2-3,8,11H,4-7H2,1H3,(H,17,18)/b3-2+. The molecule has 2 rings (SSSR count). The Bertz CT molecular complexity index is 526. The Labute approximate surface area is 120 Å². The van der Waals surface area contributed by atoms with Gasteiger partial charge in [0.05, 0.1) is 29.8 Å². The third kappa shape index (κ3) is 4.14. The van der Waals surface area contributed by atoms with Crippen LogP contribution < -0.4 is 0 Å². The van der Waals surface area contributed by atoms with E-state index in [-0.39, 0.29) is 12.3 Å². The highest BCUT2D eigenvalue weighted by Gasteiger charge is 2.24. The van der Waals surface area contributed by atoms with Crippen molar-refractivity contribution in [3.05, 3.63) is 22.2 Å². The summed E-state index contributed by atoms with van der Waals surface area (Å²) in [6.07, 6.45) is 2.63. The summed E-state index contributed by atoms with van der Waals surface area (Å²) in [4.78, 5) is 28.5. The molecule has 1 aromatic rings. The van der Waals surface area contributed by atoms with Gasteiger partial charge < -0.3 is 14.7 Å². The lowest BCUT2D eigenvalue weighted by Crippen LogP contribution is -2.45. The molecule has 1 amide bonds. The zero-order valence-electron chi connectivity index (χ0n) is 11.1. The molecule has 0 radical (unpaired) electrons. The van der Waals surface area contributed by atoms with Gasteiger partial charge >= 0.3 is 5.97 Å². The fraction of sp³-hybridized carbons (Fsp3) is 0.462. The van der Waals surface area contributed by atoms with E-state index >= 15 is 0 Å². The van der Waals surface area contributed by atoms with E-state index in [1.807, 2.05) is 12.3 Å². The van der Waals surface area contributed by atoms with Crippen LogP contribution >= 0.6 is 11.3 Å². The number of carboxylic acid groups (broad SMARTS) is 1. The Morgan fingerprint density at radius 2 is 2.45 bits per heavy atom. The lowest BCUT2D eigenvalue weighted by atomic mass is 10.2. The third-order valence-electron chi connectivity index (χ3n) is 2.89. The first-order valence-corrected chi connectivity index (χ1v) is 7.15. The quantitative estimate of drug-likeness (QED) is 0.844. The highest BCUT2D eigenvalue weighted by atomic mass is 32.1. The number of amides is 1. The summed E-state index contributed by atoms with van der Waals surface area (Å²) in [5.41, 5.74) is 0.760. The van der Waals surface area contributed by atoms with E-state index in [0.29, 0.717) is 19.7 Å². The summed E-state index contributed by atoms with van der Waals surface area (Å²) in [5.74, 6) is -1.06. The van der Waals surface area contributed by atoms with Gasteiger partial charge in [-0.25, -0.2) is 4.98 Å². The molecule has 1 saturated heterocycles. The summed E-state index contributed by atoms with van der Waals surface area (Å²) >= 11 is 1.53. The van der Waals surface area contributed by atoms with Crippen molar-refractivity contribution in [1.29, 1.82) is 0 Å². The van der Waals surface area contributed by atoms with Crippen molar-refractivity contribution < 1.29 is 19.4 Å². The van der Waals surface area contributed by atoms with E-state index in [9.17, 15) is 9.59 Å². The minimum atomic E-state index is -0.919. The van der Waals surface area contributed by atoms with Gasteiger partial charge in [-0.15, -0.1) is 11.3 Å². The molecular formula is C13H16N2O4S. The Hall–Kier alpha value is -1.73. The van der Waals surface area contributed by atoms with E-state index in [1.165, 1.54) is 17.4 Å². The number of hydrogen-bond acceptors (Lipinski definition) is 5. The van der Waals surface area contributed by atoms with Crippen LogP contribution in [0.15, 0.2) is 11.5 Å². The number of nitrogens with zero attached hydrogens (tertiary/aromatic N) is 2. The Morgan fingerprint density at radius 1 is 1.65 bits per heavy atom. The molecule has 1 aromatic heterocycles. The maximum atomic E-state index is 12.0. The minimum absolute atomic E-state index is 0.0845. The molecule has 6 nitrogen and oxygen atoms in total. The monoisotopic (exact) mass is 296 g/mol. The minimum Gasteiger partial charge on any atom is -0.481 e. The van der Waals surface area contributed by atoms with Gasteiger partial charge in [0, 0.05) is 24.5 Å². The first-order chi connectivity index (χ1) is 9.54. The number of carboxylic acids is 1. The fourth-order valence-corrected chi connectivity index (χ4v) is 2.54. The van der Waals surface area contributed by atoms with Crippen LogP contribution in [0.4, 0.5) is 0 Å². The molecule has 0 saturated carbocycles. The van der Waals surface area contributed by atoms with Crippen LogP contribution in [0, 0.1) is 6.92 Å². The number of morpholine rings is 1. The second-order valence-electron chi connectivity index (χ2n) is 4.50. The average Bonchev–Trinajstić information content (AvgIpc) is 2.81. The van der Waals surface area contributed by atoms with Crippen molar-refractivity contribution in [2.75, 3.05) is 19.7 Å². The summed E-state index contributed by atoms with van der Waals surface area (Å²) in [6, 6.07) is 0. The van der Waals surface area contributed by atoms with Gasteiger partial charge in [0.15, 0.2) is 0 Å². The van der Waals surface area contributed by atoms with E-state index in [1.54, 1.807) is 11.0 Å². The van der Waals surface area contributed by atoms with Crippen LogP contribution in [0.5, 0.6) is 0 Å². The first kappa shape index (κ1) is 14.7. The summed E-state index contributed by atoms with van der Waals surface area (Å²) in [6.45, 7) is 3.07. The van der Waals surface area contributed by atoms with Crippen LogP contribution in [-0.2, 0) is 14.3 Å². The number of carbonyl (C=O) groups is 2. The van der Waals surface area contributed by atoms with Crippen LogP contribution in [0.2, 0.25) is 0 Å². The third-order valence-corrected chi connectivity index (χ3v) is 3.68. The molecule has 1 aliphatic rings. The van der Waals surface area contributed by atoms with Gasteiger partial charge in [-0.05, 0) is 13.0 Å². The van der Waals surface area contributed by atoms with Gasteiger partial charge in [0.1, 0.15) is 0 Å². The summed E-state index contributed by atoms with van der Waals surface area (Å²) in [7, 11) is 0. The molecule has 0 aliphatic carbocycles. The Balaban J connectivity index is 1.91. The Kier molecular flexibility index (Phi) is 4.86. The zero-order valence-corrected chi connectivity index (χ0v) is 11.9. The lowest BCUT2D eigenvalue weighted by molar-refractivity contribution is -0.145. The highest BCUT2D eigenvalue weighted by molar-refractivity contribution is 7.09. The number of ether oxygens (including phenoxy) is 1. The molecule has 1 N–H and O–H groups in total. The number of aromatic nitrogens is 1. The normalized spacial score (nSPS) is 19.4. The fourth-order valence-electron chi connectivity index (χ4n) is 1.96. The van der Waals surface area contributed by atoms with Gasteiger partial charge in [-0.3, -0.25) is 9.59 Å². The van der Waals surface area contributed by atoms with Crippen LogP contribution in [-0.4, -0.2) is 52.7 Å². The number of thiazole rings is 1. The molecule has 2 heterocycles. The van der Waals surface area contributed by atoms with Crippen molar-refractivity contribution in [2.45, 2.75) is 19.4 Å². The van der Waals surface area contributed by atoms with Gasteiger partial charge in [-0.2, -0.15) is 0 Å². The van der Waals surface area contributed by atoms with E-state index < -0.39 is 12.1 Å². The van der Waals surface area contributed by atoms with Crippen molar-refractivity contribution in [1.82, 2.24) is 9.88 Å². The molecule has 108 valence electrons. The molecule has 20 heavy (non-hydrogen) atoms. The average molecular weight is 296 g/mol. The zero-order chi connectivity index (χ0) is 14.5. The van der Waals surface area contributed by atoms with Gasteiger partial charge in [-0.1, -0.05) is 0 Å². The number of rotatable bonds is 4. The predicted octanol–water partition coefficient (Wildman–Crippen LogP) is 1.17. The molecule has 1 aliphatic heterocycles. The largest absolute Gasteiger partial charge is 0.481 e. The highest BCUT2D eigenvalue weighted by Crippen LogP contribution is 2.12. The molecular weight excluding hydrogens is 280 g/mol. The molecule has 1 fully saturated rings. The second-order valence-corrected chi connectivity index (χ2v) is 5.56. The predicted molar refractivity (Wildman–Crippen MR) is 74.5 cm³/mol. The Morgan fingerprint density at radius 3 is 3.10 bits per heavy atom. The SMILES string of the molecule is Cc1nc(/C=C/C(=O)N2CCOC(CC(=O)O)C2)cs1. The maximum Gasteiger partial charge on any atom is 0.306 e. The van der Waals surface area contributed by atoms with Crippen molar-refractivity contribution >= 4 is 29.3 Å². The summed E-state index contributed by atoms with van der Waals surface area (Å²) < 4.78 is 5.33. The van der Waals surface area contributed by atoms with E-state index in [0.717, 1.165) is 10.7 Å². The lowest BCUT2D eigenvalue weighted by Gasteiger charge is -2.31. The molecule has 1 unspecified atom stereocenters. The van der Waals surface area contributed by atoms with Crippen LogP contribution in [0.3, 0.4) is 0 Å².